The lowest BCUT2D eigenvalue weighted by atomic mass is 9.76. The van der Waals surface area contributed by atoms with Crippen molar-refractivity contribution in [2.75, 3.05) is 7.11 Å². The second-order valence-corrected chi connectivity index (χ2v) is 4.86. The highest BCUT2D eigenvalue weighted by Gasteiger charge is 2.36. The number of hydrogen-bond donors (Lipinski definition) is 1. The van der Waals surface area contributed by atoms with E-state index in [1.165, 1.54) is 18.4 Å². The molecule has 1 amide bonds. The highest BCUT2D eigenvalue weighted by atomic mass is 16.5. The minimum atomic E-state index is -0.206. The average Bonchev–Trinajstić information content (AvgIpc) is 2.78. The Hall–Kier alpha value is -1.51. The van der Waals surface area contributed by atoms with Gasteiger partial charge in [0.2, 0.25) is 5.91 Å². The van der Waals surface area contributed by atoms with Crippen molar-refractivity contribution in [2.24, 2.45) is 5.73 Å². The van der Waals surface area contributed by atoms with E-state index in [9.17, 15) is 4.79 Å². The Morgan fingerprint density at radius 1 is 1.29 bits per heavy atom. The van der Waals surface area contributed by atoms with Crippen LogP contribution in [0.2, 0.25) is 0 Å². The van der Waals surface area contributed by atoms with Crippen LogP contribution in [-0.4, -0.2) is 13.0 Å². The summed E-state index contributed by atoms with van der Waals surface area (Å²) in [5.41, 5.74) is 6.57. The number of ether oxygens (including phenoxy) is 1. The molecule has 0 radical (unpaired) electrons. The number of hydrogen-bond acceptors (Lipinski definition) is 2. The maximum absolute atomic E-state index is 11.3. The molecule has 0 aromatic heterocycles. The number of benzene rings is 1. The van der Waals surface area contributed by atoms with Crippen molar-refractivity contribution >= 4 is 5.91 Å². The van der Waals surface area contributed by atoms with Crippen molar-refractivity contribution in [3.05, 3.63) is 29.8 Å². The second kappa shape index (κ2) is 4.78. The summed E-state index contributed by atoms with van der Waals surface area (Å²) in [6.07, 6.45) is 4.93. The lowest BCUT2D eigenvalue weighted by molar-refractivity contribution is -0.119. The quantitative estimate of drug-likeness (QED) is 0.868. The Bertz CT molecular complexity index is 391. The van der Waals surface area contributed by atoms with E-state index in [4.69, 9.17) is 10.5 Å². The van der Waals surface area contributed by atoms with Crippen molar-refractivity contribution in [1.29, 1.82) is 0 Å². The molecule has 0 atom stereocenters. The van der Waals surface area contributed by atoms with Gasteiger partial charge in [-0.25, -0.2) is 0 Å². The Morgan fingerprint density at radius 3 is 2.35 bits per heavy atom. The van der Waals surface area contributed by atoms with Gasteiger partial charge >= 0.3 is 0 Å². The van der Waals surface area contributed by atoms with Crippen LogP contribution in [-0.2, 0) is 10.2 Å². The van der Waals surface area contributed by atoms with Crippen LogP contribution in [0.1, 0.15) is 37.7 Å². The van der Waals surface area contributed by atoms with E-state index in [2.05, 4.69) is 12.1 Å². The number of nitrogens with two attached hydrogens (primary N) is 1. The van der Waals surface area contributed by atoms with Gasteiger partial charge < -0.3 is 10.5 Å². The molecule has 0 saturated heterocycles. The molecule has 1 aromatic rings. The van der Waals surface area contributed by atoms with Gasteiger partial charge in [-0.05, 0) is 30.5 Å². The van der Waals surface area contributed by atoms with E-state index >= 15 is 0 Å². The molecule has 0 aliphatic heterocycles. The zero-order valence-corrected chi connectivity index (χ0v) is 10.2. The molecule has 1 aromatic carbocycles. The molecule has 17 heavy (non-hydrogen) atoms. The zero-order valence-electron chi connectivity index (χ0n) is 10.2. The summed E-state index contributed by atoms with van der Waals surface area (Å²) in [6, 6.07) is 8.03. The van der Waals surface area contributed by atoms with E-state index in [0.717, 1.165) is 18.6 Å². The number of carbonyl (C=O) groups is 1. The number of amides is 1. The molecular formula is C14H19NO2. The standard InChI is InChI=1S/C14H19NO2/c1-17-12-6-4-11(5-7-12)14(10-13(15)16)8-2-3-9-14/h4-7H,2-3,8-10H2,1H3,(H2,15,16). The van der Waals surface area contributed by atoms with Crippen molar-refractivity contribution in [1.82, 2.24) is 0 Å². The maximum Gasteiger partial charge on any atom is 0.218 e. The number of carbonyl (C=O) groups excluding carboxylic acids is 1. The summed E-state index contributed by atoms with van der Waals surface area (Å²) in [5.74, 6) is 0.642. The van der Waals surface area contributed by atoms with Crippen LogP contribution in [0.4, 0.5) is 0 Å². The first kappa shape index (κ1) is 12.0. The van der Waals surface area contributed by atoms with Gasteiger partial charge in [0.25, 0.3) is 0 Å². The Balaban J connectivity index is 2.28. The van der Waals surface area contributed by atoms with Gasteiger partial charge in [0.05, 0.1) is 7.11 Å². The minimum Gasteiger partial charge on any atom is -0.497 e. The van der Waals surface area contributed by atoms with E-state index in [1.807, 2.05) is 12.1 Å². The van der Waals surface area contributed by atoms with E-state index in [-0.39, 0.29) is 11.3 Å². The van der Waals surface area contributed by atoms with Crippen LogP contribution < -0.4 is 10.5 Å². The monoisotopic (exact) mass is 233 g/mol. The van der Waals surface area contributed by atoms with Gasteiger partial charge in [0, 0.05) is 11.8 Å². The van der Waals surface area contributed by atoms with Gasteiger partial charge in [0.1, 0.15) is 5.75 Å². The summed E-state index contributed by atoms with van der Waals surface area (Å²) in [4.78, 5) is 11.3. The third kappa shape index (κ3) is 2.43. The van der Waals surface area contributed by atoms with Crippen LogP contribution in [0, 0.1) is 0 Å². The number of primary amides is 1. The highest BCUT2D eigenvalue weighted by Crippen LogP contribution is 2.43. The second-order valence-electron chi connectivity index (χ2n) is 4.86. The smallest absolute Gasteiger partial charge is 0.218 e. The van der Waals surface area contributed by atoms with Gasteiger partial charge in [-0.3, -0.25) is 4.79 Å². The lowest BCUT2D eigenvalue weighted by Gasteiger charge is -2.28. The lowest BCUT2D eigenvalue weighted by Crippen LogP contribution is -2.29. The van der Waals surface area contributed by atoms with Gasteiger partial charge in [-0.2, -0.15) is 0 Å². The third-order valence-electron chi connectivity index (χ3n) is 3.78. The summed E-state index contributed by atoms with van der Waals surface area (Å²) in [6.45, 7) is 0. The minimum absolute atomic E-state index is 0.0297. The topological polar surface area (TPSA) is 52.3 Å². The van der Waals surface area contributed by atoms with Crippen molar-refractivity contribution in [3.8, 4) is 5.75 Å². The first-order valence-corrected chi connectivity index (χ1v) is 6.09. The molecule has 2 N–H and O–H groups in total. The van der Waals surface area contributed by atoms with Crippen LogP contribution in [0.15, 0.2) is 24.3 Å². The van der Waals surface area contributed by atoms with Crippen LogP contribution in [0.5, 0.6) is 5.75 Å². The molecule has 2 rings (SSSR count). The van der Waals surface area contributed by atoms with Crippen LogP contribution >= 0.6 is 0 Å². The van der Waals surface area contributed by atoms with E-state index in [1.54, 1.807) is 7.11 Å². The Labute approximate surface area is 102 Å². The molecule has 3 heteroatoms. The van der Waals surface area contributed by atoms with Crippen molar-refractivity contribution < 1.29 is 9.53 Å². The first-order chi connectivity index (χ1) is 8.16. The summed E-state index contributed by atoms with van der Waals surface area (Å²) >= 11 is 0. The SMILES string of the molecule is COc1ccc(C2(CC(N)=O)CCCC2)cc1. The fraction of sp³-hybridized carbons (Fsp3) is 0.500. The van der Waals surface area contributed by atoms with Gasteiger partial charge in [0.15, 0.2) is 0 Å². The predicted octanol–water partition coefficient (Wildman–Crippen LogP) is 2.38. The highest BCUT2D eigenvalue weighted by molar-refractivity contribution is 5.75. The Morgan fingerprint density at radius 2 is 1.88 bits per heavy atom. The summed E-state index contributed by atoms with van der Waals surface area (Å²) in [7, 11) is 1.66. The van der Waals surface area contributed by atoms with Crippen LogP contribution in [0.25, 0.3) is 0 Å². The normalized spacial score (nSPS) is 17.9. The molecule has 1 aliphatic rings. The maximum atomic E-state index is 11.3. The fourth-order valence-corrected chi connectivity index (χ4v) is 2.90. The van der Waals surface area contributed by atoms with E-state index < -0.39 is 0 Å². The molecule has 3 nitrogen and oxygen atoms in total. The average molecular weight is 233 g/mol. The first-order valence-electron chi connectivity index (χ1n) is 6.09. The van der Waals surface area contributed by atoms with Crippen molar-refractivity contribution in [2.45, 2.75) is 37.5 Å². The molecule has 1 aliphatic carbocycles. The largest absolute Gasteiger partial charge is 0.497 e. The molecule has 92 valence electrons. The fourth-order valence-electron chi connectivity index (χ4n) is 2.90. The molecule has 0 unspecified atom stereocenters. The number of methoxy groups -OCH3 is 1. The Kier molecular flexibility index (Phi) is 3.36. The zero-order chi connectivity index (χ0) is 12.3. The predicted molar refractivity (Wildman–Crippen MR) is 67.0 cm³/mol. The summed E-state index contributed by atoms with van der Waals surface area (Å²) in [5, 5.41) is 0. The third-order valence-corrected chi connectivity index (χ3v) is 3.78. The molecule has 0 spiro atoms. The van der Waals surface area contributed by atoms with E-state index in [0.29, 0.717) is 6.42 Å². The van der Waals surface area contributed by atoms with Crippen LogP contribution in [0.3, 0.4) is 0 Å². The molecule has 1 fully saturated rings. The summed E-state index contributed by atoms with van der Waals surface area (Å²) < 4.78 is 5.15. The molecule has 0 heterocycles. The molecule has 1 saturated carbocycles. The van der Waals surface area contributed by atoms with Gasteiger partial charge in [-0.15, -0.1) is 0 Å². The van der Waals surface area contributed by atoms with Crippen molar-refractivity contribution in [3.63, 3.8) is 0 Å². The number of rotatable bonds is 4. The molecular weight excluding hydrogens is 214 g/mol. The molecule has 0 bridgehead atoms. The van der Waals surface area contributed by atoms with Gasteiger partial charge in [-0.1, -0.05) is 25.0 Å².